The molecule has 1 aliphatic rings. The SMILES string of the molecule is C1CC[Si]OC1.C=CCc1ccc(O)cc1.Oc1ccccc1.Oc1ccccc1. The third kappa shape index (κ3) is 14.0. The number of hydrogen-bond donors (Lipinski definition) is 3. The second-order valence-corrected chi connectivity index (χ2v) is 7.36. The molecule has 4 nitrogen and oxygen atoms in total. The predicted molar refractivity (Wildman–Crippen MR) is 124 cm³/mol. The molecule has 0 bridgehead atoms. The molecule has 30 heavy (non-hydrogen) atoms. The van der Waals surface area contributed by atoms with E-state index in [0.29, 0.717) is 17.2 Å². The summed E-state index contributed by atoms with van der Waals surface area (Å²) in [6.07, 6.45) is 5.37. The number of benzene rings is 3. The van der Waals surface area contributed by atoms with Crippen molar-refractivity contribution in [3.8, 4) is 17.2 Å². The monoisotopic (exact) mass is 422 g/mol. The third-order valence-corrected chi connectivity index (χ3v) is 4.67. The van der Waals surface area contributed by atoms with Crippen LogP contribution in [0.15, 0.2) is 97.6 Å². The van der Waals surface area contributed by atoms with Crippen LogP contribution in [-0.2, 0) is 10.8 Å². The van der Waals surface area contributed by atoms with Gasteiger partial charge in [-0.2, -0.15) is 0 Å². The number of aromatic hydroxyl groups is 3. The van der Waals surface area contributed by atoms with Gasteiger partial charge in [-0.3, -0.25) is 0 Å². The lowest BCUT2D eigenvalue weighted by atomic mass is 10.1. The second-order valence-electron chi connectivity index (χ2n) is 6.28. The second kappa shape index (κ2) is 16.9. The molecule has 0 aromatic heterocycles. The maximum atomic E-state index is 8.90. The normalized spacial score (nSPS) is 11.9. The highest BCUT2D eigenvalue weighted by Crippen LogP contribution is 2.09. The van der Waals surface area contributed by atoms with E-state index in [-0.39, 0.29) is 0 Å². The fraction of sp³-hybridized carbons (Fsp3) is 0.200. The van der Waals surface area contributed by atoms with Crippen molar-refractivity contribution in [2.24, 2.45) is 0 Å². The lowest BCUT2D eigenvalue weighted by Gasteiger charge is -2.06. The molecule has 1 heterocycles. The average molecular weight is 423 g/mol. The zero-order chi connectivity index (χ0) is 21.9. The molecular weight excluding hydrogens is 392 g/mol. The number of hydrogen-bond acceptors (Lipinski definition) is 4. The molecule has 1 aliphatic heterocycles. The zero-order valence-electron chi connectivity index (χ0n) is 17.2. The van der Waals surface area contributed by atoms with Crippen LogP contribution in [0.25, 0.3) is 0 Å². The average Bonchev–Trinajstić information content (AvgIpc) is 2.79. The molecule has 0 spiro atoms. The summed E-state index contributed by atoms with van der Waals surface area (Å²) < 4.78 is 5.10. The Labute approximate surface area is 182 Å². The van der Waals surface area contributed by atoms with Crippen molar-refractivity contribution in [1.29, 1.82) is 0 Å². The van der Waals surface area contributed by atoms with E-state index in [1.54, 1.807) is 60.7 Å². The molecule has 0 atom stereocenters. The Morgan fingerprint density at radius 3 is 1.50 bits per heavy atom. The standard InChI is InChI=1S/C9H10O.2C6H6O.C4H8OSi/c1-2-3-8-4-6-9(10)7-5-8;2*7-6-4-2-1-3-5-6;1-2-4-6-5-3-1/h2,4-7,10H,1,3H2;2*1-5,7H;1-4H2. The van der Waals surface area contributed by atoms with Gasteiger partial charge in [-0.25, -0.2) is 0 Å². The first-order valence-corrected chi connectivity index (χ1v) is 10.9. The van der Waals surface area contributed by atoms with E-state index in [4.69, 9.17) is 19.7 Å². The molecule has 2 radical (unpaired) electrons. The molecule has 4 rings (SSSR count). The molecule has 0 saturated carbocycles. The van der Waals surface area contributed by atoms with Gasteiger partial charge in [-0.05, 0) is 60.8 Å². The molecule has 3 aromatic rings. The molecule has 158 valence electrons. The molecule has 1 saturated heterocycles. The smallest absolute Gasteiger partial charge is 0.229 e. The molecule has 0 amide bonds. The van der Waals surface area contributed by atoms with E-state index in [9.17, 15) is 0 Å². The Morgan fingerprint density at radius 1 is 0.733 bits per heavy atom. The maximum Gasteiger partial charge on any atom is 0.229 e. The van der Waals surface area contributed by atoms with Crippen molar-refractivity contribution in [3.63, 3.8) is 0 Å². The number of phenolic OH excluding ortho intramolecular Hbond substituents is 3. The van der Waals surface area contributed by atoms with E-state index >= 15 is 0 Å². The third-order valence-electron chi connectivity index (χ3n) is 3.71. The highest BCUT2D eigenvalue weighted by atomic mass is 28.2. The van der Waals surface area contributed by atoms with Gasteiger partial charge in [0.1, 0.15) is 17.2 Å². The summed E-state index contributed by atoms with van der Waals surface area (Å²) in [6, 6.07) is 25.9. The van der Waals surface area contributed by atoms with Crippen molar-refractivity contribution in [3.05, 3.63) is 103 Å². The summed E-state index contributed by atoms with van der Waals surface area (Å²) in [5.41, 5.74) is 1.17. The van der Waals surface area contributed by atoms with Crippen LogP contribution in [0.5, 0.6) is 17.2 Å². The predicted octanol–water partition coefficient (Wildman–Crippen LogP) is 5.74. The largest absolute Gasteiger partial charge is 0.508 e. The Morgan fingerprint density at radius 2 is 1.23 bits per heavy atom. The number of phenols is 3. The molecule has 3 N–H and O–H groups in total. The Hall–Kier alpha value is -3.02. The maximum absolute atomic E-state index is 8.90. The first kappa shape index (κ1) is 25.0. The van der Waals surface area contributed by atoms with Gasteiger partial charge >= 0.3 is 0 Å². The van der Waals surface area contributed by atoms with Crippen molar-refractivity contribution in [2.75, 3.05) is 6.61 Å². The molecule has 5 heteroatoms. The zero-order valence-corrected chi connectivity index (χ0v) is 18.2. The van der Waals surface area contributed by atoms with Gasteiger partial charge in [0.05, 0.1) is 0 Å². The Balaban J connectivity index is 0.000000204. The summed E-state index contributed by atoms with van der Waals surface area (Å²) in [4.78, 5) is 0. The van der Waals surface area contributed by atoms with E-state index < -0.39 is 0 Å². The lowest BCUT2D eigenvalue weighted by molar-refractivity contribution is 0.304. The number of para-hydroxylation sites is 2. The van der Waals surface area contributed by atoms with Crippen molar-refractivity contribution < 1.29 is 19.7 Å². The van der Waals surface area contributed by atoms with Crippen LogP contribution < -0.4 is 0 Å². The van der Waals surface area contributed by atoms with Gasteiger partial charge in [0, 0.05) is 6.61 Å². The van der Waals surface area contributed by atoms with Gasteiger partial charge in [0.15, 0.2) is 0 Å². The highest BCUT2D eigenvalue weighted by molar-refractivity contribution is 6.27. The van der Waals surface area contributed by atoms with E-state index in [2.05, 4.69) is 6.58 Å². The van der Waals surface area contributed by atoms with Crippen LogP contribution >= 0.6 is 0 Å². The Kier molecular flexibility index (Phi) is 14.1. The summed E-state index contributed by atoms with van der Waals surface area (Å²) in [5.74, 6) is 0.956. The van der Waals surface area contributed by atoms with Crippen LogP contribution in [0.2, 0.25) is 6.04 Å². The summed E-state index contributed by atoms with van der Waals surface area (Å²) in [6.45, 7) is 4.63. The molecule has 0 aliphatic carbocycles. The topological polar surface area (TPSA) is 69.9 Å². The van der Waals surface area contributed by atoms with Gasteiger partial charge < -0.3 is 19.7 Å². The lowest BCUT2D eigenvalue weighted by Crippen LogP contribution is -2.06. The highest BCUT2D eigenvalue weighted by Gasteiger charge is 1.97. The molecule has 3 aromatic carbocycles. The van der Waals surface area contributed by atoms with Crippen LogP contribution in [0.4, 0.5) is 0 Å². The van der Waals surface area contributed by atoms with Gasteiger partial charge in [-0.15, -0.1) is 6.58 Å². The van der Waals surface area contributed by atoms with Gasteiger partial charge in [0.2, 0.25) is 9.76 Å². The van der Waals surface area contributed by atoms with Gasteiger partial charge in [-0.1, -0.05) is 61.0 Å². The van der Waals surface area contributed by atoms with Crippen molar-refractivity contribution in [1.82, 2.24) is 0 Å². The van der Waals surface area contributed by atoms with E-state index in [1.165, 1.54) is 24.4 Å². The fourth-order valence-electron chi connectivity index (χ4n) is 2.17. The van der Waals surface area contributed by atoms with Crippen LogP contribution in [-0.4, -0.2) is 31.7 Å². The van der Waals surface area contributed by atoms with Crippen LogP contribution in [0, 0.1) is 0 Å². The van der Waals surface area contributed by atoms with Crippen LogP contribution in [0.3, 0.4) is 0 Å². The number of rotatable bonds is 2. The molecule has 1 fully saturated rings. The minimum atomic E-state index is 0.313. The number of allylic oxidation sites excluding steroid dienone is 1. The molecular formula is C25H30O4Si. The first-order chi connectivity index (χ1) is 14.6. The summed E-state index contributed by atoms with van der Waals surface area (Å²) in [5, 5.41) is 26.2. The van der Waals surface area contributed by atoms with E-state index in [0.717, 1.165) is 22.8 Å². The van der Waals surface area contributed by atoms with Gasteiger partial charge in [0.25, 0.3) is 0 Å². The minimum Gasteiger partial charge on any atom is -0.508 e. The van der Waals surface area contributed by atoms with E-state index in [1.807, 2.05) is 30.3 Å². The Bertz CT molecular complexity index is 724. The summed E-state index contributed by atoms with van der Waals surface area (Å²) in [7, 11) is 0.802. The molecule has 0 unspecified atom stereocenters. The fourth-order valence-corrected chi connectivity index (χ4v) is 3.00. The first-order valence-electron chi connectivity index (χ1n) is 9.83. The summed E-state index contributed by atoms with van der Waals surface area (Å²) >= 11 is 0. The van der Waals surface area contributed by atoms with Crippen LogP contribution in [0.1, 0.15) is 18.4 Å². The quantitative estimate of drug-likeness (QED) is 0.364. The van der Waals surface area contributed by atoms with Crippen molar-refractivity contribution >= 4 is 9.76 Å². The minimum absolute atomic E-state index is 0.313. The van der Waals surface area contributed by atoms with Crippen molar-refractivity contribution in [2.45, 2.75) is 25.3 Å².